The summed E-state index contributed by atoms with van der Waals surface area (Å²) < 4.78 is 0. The number of hydrogen-bond acceptors (Lipinski definition) is 3. The molecule has 3 aromatic carbocycles. The molecule has 0 saturated heterocycles. The van der Waals surface area contributed by atoms with E-state index in [0.717, 1.165) is 28.3 Å². The summed E-state index contributed by atoms with van der Waals surface area (Å²) in [6, 6.07) is 22.3. The van der Waals surface area contributed by atoms with Gasteiger partial charge in [-0.2, -0.15) is 0 Å². The number of carbonyl (C=O) groups is 2. The van der Waals surface area contributed by atoms with Crippen LogP contribution in [0.2, 0.25) is 0 Å². The molecule has 3 aromatic rings. The predicted octanol–water partition coefficient (Wildman–Crippen LogP) is 5.26. The van der Waals surface area contributed by atoms with E-state index in [1.807, 2.05) is 79.1 Å². The number of nitrogens with zero attached hydrogens (tertiary/aromatic N) is 1. The van der Waals surface area contributed by atoms with Crippen molar-refractivity contribution in [3.63, 3.8) is 0 Å². The van der Waals surface area contributed by atoms with Crippen LogP contribution in [0.1, 0.15) is 15.9 Å². The van der Waals surface area contributed by atoms with E-state index in [-0.39, 0.29) is 11.9 Å². The van der Waals surface area contributed by atoms with E-state index in [4.69, 9.17) is 0 Å². The second kappa shape index (κ2) is 8.41. The van der Waals surface area contributed by atoms with E-state index in [0.29, 0.717) is 17.8 Å². The lowest BCUT2D eigenvalue weighted by molar-refractivity contribution is 0.0989. The first-order valence-electron chi connectivity index (χ1n) is 9.36. The van der Waals surface area contributed by atoms with Crippen LogP contribution in [-0.4, -0.2) is 24.7 Å². The van der Waals surface area contributed by atoms with Crippen molar-refractivity contribution in [3.05, 3.63) is 83.9 Å². The average Bonchev–Trinajstić information content (AvgIpc) is 3.17. The van der Waals surface area contributed by atoms with Crippen molar-refractivity contribution >= 4 is 40.8 Å². The van der Waals surface area contributed by atoms with Gasteiger partial charge in [-0.05, 0) is 60.7 Å². The Hall–Kier alpha value is -3.25. The van der Waals surface area contributed by atoms with E-state index in [9.17, 15) is 9.59 Å². The van der Waals surface area contributed by atoms with E-state index in [1.165, 1.54) is 0 Å². The number of thioether (sulfide) groups is 1. The number of amides is 3. The Kier molecular flexibility index (Phi) is 5.53. The highest BCUT2D eigenvalue weighted by Gasteiger charge is 2.25. The van der Waals surface area contributed by atoms with Gasteiger partial charge in [0.1, 0.15) is 0 Å². The summed E-state index contributed by atoms with van der Waals surface area (Å²) in [6.45, 7) is 0.639. The van der Waals surface area contributed by atoms with Crippen LogP contribution < -0.4 is 15.5 Å². The summed E-state index contributed by atoms with van der Waals surface area (Å²) in [6.07, 6.45) is 2.80. The number of fused-ring (bicyclic) bond motifs is 1. The molecule has 0 unspecified atom stereocenters. The summed E-state index contributed by atoms with van der Waals surface area (Å²) in [5, 5.41) is 5.71. The van der Waals surface area contributed by atoms with Crippen LogP contribution in [0.15, 0.2) is 77.7 Å². The Balaban J connectivity index is 1.49. The number of anilines is 3. The third kappa shape index (κ3) is 4.27. The van der Waals surface area contributed by atoms with Gasteiger partial charge in [0, 0.05) is 34.1 Å². The minimum atomic E-state index is -0.317. The third-order valence-corrected chi connectivity index (χ3v) is 5.56. The Morgan fingerprint density at radius 2 is 1.66 bits per heavy atom. The van der Waals surface area contributed by atoms with Crippen LogP contribution in [-0.2, 0) is 6.42 Å². The number of carbonyl (C=O) groups excluding carboxylic acids is 2. The lowest BCUT2D eigenvalue weighted by atomic mass is 10.1. The highest BCUT2D eigenvalue weighted by Crippen LogP contribution is 2.32. The van der Waals surface area contributed by atoms with Gasteiger partial charge in [0.2, 0.25) is 0 Å². The molecule has 0 radical (unpaired) electrons. The molecule has 0 atom stereocenters. The minimum Gasteiger partial charge on any atom is -0.308 e. The molecule has 29 heavy (non-hydrogen) atoms. The second-order valence-electron chi connectivity index (χ2n) is 6.73. The van der Waals surface area contributed by atoms with E-state index >= 15 is 0 Å². The zero-order valence-corrected chi connectivity index (χ0v) is 16.8. The maximum absolute atomic E-state index is 12.9. The van der Waals surface area contributed by atoms with Gasteiger partial charge < -0.3 is 15.5 Å². The summed E-state index contributed by atoms with van der Waals surface area (Å²) in [7, 11) is 0. The monoisotopic (exact) mass is 403 g/mol. The Morgan fingerprint density at radius 3 is 2.41 bits per heavy atom. The van der Waals surface area contributed by atoms with E-state index in [1.54, 1.807) is 16.7 Å². The van der Waals surface area contributed by atoms with Crippen molar-refractivity contribution < 1.29 is 9.59 Å². The molecule has 0 spiro atoms. The van der Waals surface area contributed by atoms with E-state index < -0.39 is 0 Å². The van der Waals surface area contributed by atoms with Crippen LogP contribution in [0.25, 0.3) is 0 Å². The largest absolute Gasteiger partial charge is 0.323 e. The minimum absolute atomic E-state index is 0.0279. The van der Waals surface area contributed by atoms with Gasteiger partial charge >= 0.3 is 6.03 Å². The fraction of sp³-hybridized carbons (Fsp3) is 0.130. The second-order valence-corrected chi connectivity index (χ2v) is 7.61. The van der Waals surface area contributed by atoms with Gasteiger partial charge in [-0.25, -0.2) is 4.79 Å². The van der Waals surface area contributed by atoms with Crippen LogP contribution >= 0.6 is 11.8 Å². The first kappa shape index (κ1) is 19.1. The lowest BCUT2D eigenvalue weighted by Gasteiger charge is -2.18. The number of nitrogens with one attached hydrogen (secondary N) is 2. The van der Waals surface area contributed by atoms with Crippen LogP contribution in [0, 0.1) is 0 Å². The highest BCUT2D eigenvalue weighted by atomic mass is 32.2. The Bertz CT molecular complexity index is 1050. The zero-order chi connectivity index (χ0) is 20.2. The molecule has 4 rings (SSSR count). The Labute approximate surface area is 174 Å². The van der Waals surface area contributed by atoms with Crippen molar-refractivity contribution in [3.8, 4) is 0 Å². The zero-order valence-electron chi connectivity index (χ0n) is 16.0. The van der Waals surface area contributed by atoms with Gasteiger partial charge in [-0.1, -0.05) is 30.3 Å². The van der Waals surface area contributed by atoms with Crippen molar-refractivity contribution in [2.45, 2.75) is 11.3 Å². The van der Waals surface area contributed by atoms with E-state index in [2.05, 4.69) is 10.6 Å². The molecule has 0 aliphatic carbocycles. The predicted molar refractivity (Wildman–Crippen MR) is 119 cm³/mol. The number of urea groups is 1. The first-order chi connectivity index (χ1) is 14.1. The molecule has 0 saturated carbocycles. The molecule has 146 valence electrons. The topological polar surface area (TPSA) is 61.4 Å². The molecule has 2 N–H and O–H groups in total. The summed E-state index contributed by atoms with van der Waals surface area (Å²) in [4.78, 5) is 28.1. The number of rotatable bonds is 4. The maximum atomic E-state index is 12.9. The number of benzene rings is 3. The van der Waals surface area contributed by atoms with Gasteiger partial charge in [-0.15, -0.1) is 11.8 Å². The fourth-order valence-corrected chi connectivity index (χ4v) is 3.86. The molecule has 1 heterocycles. The standard InChI is InChI=1S/C23H21N3O2S/c1-29-20-9-5-8-18(14-20)24-23(28)25-19-11-10-16-12-13-26(21(16)15-19)22(27)17-6-3-2-4-7-17/h2-11,14-15H,12-13H2,1H3,(H2,24,25,28). The van der Waals surface area contributed by atoms with Gasteiger partial charge in [0.15, 0.2) is 0 Å². The molecule has 6 heteroatoms. The molecule has 3 amide bonds. The molecule has 0 bridgehead atoms. The summed E-state index contributed by atoms with van der Waals surface area (Å²) in [5.74, 6) is -0.0279. The lowest BCUT2D eigenvalue weighted by Crippen LogP contribution is -2.29. The van der Waals surface area contributed by atoms with Gasteiger partial charge in [0.25, 0.3) is 5.91 Å². The molecule has 1 aliphatic rings. The van der Waals surface area contributed by atoms with Crippen LogP contribution in [0.4, 0.5) is 21.9 Å². The molecule has 0 aromatic heterocycles. The van der Waals surface area contributed by atoms with Crippen molar-refractivity contribution in [2.24, 2.45) is 0 Å². The summed E-state index contributed by atoms with van der Waals surface area (Å²) >= 11 is 1.62. The van der Waals surface area contributed by atoms with Gasteiger partial charge in [0.05, 0.1) is 0 Å². The average molecular weight is 404 g/mol. The van der Waals surface area contributed by atoms with Gasteiger partial charge in [-0.3, -0.25) is 4.79 Å². The molecular formula is C23H21N3O2S. The van der Waals surface area contributed by atoms with Crippen molar-refractivity contribution in [1.82, 2.24) is 0 Å². The number of hydrogen-bond donors (Lipinski definition) is 2. The highest BCUT2D eigenvalue weighted by molar-refractivity contribution is 7.98. The molecule has 1 aliphatic heterocycles. The molecule has 0 fully saturated rings. The van der Waals surface area contributed by atoms with Crippen LogP contribution in [0.3, 0.4) is 0 Å². The van der Waals surface area contributed by atoms with Crippen molar-refractivity contribution in [2.75, 3.05) is 28.3 Å². The summed E-state index contributed by atoms with van der Waals surface area (Å²) in [5.41, 5.74) is 3.99. The smallest absolute Gasteiger partial charge is 0.308 e. The first-order valence-corrected chi connectivity index (χ1v) is 10.6. The quantitative estimate of drug-likeness (QED) is 0.585. The fourth-order valence-electron chi connectivity index (χ4n) is 3.40. The molecule has 5 nitrogen and oxygen atoms in total. The van der Waals surface area contributed by atoms with Crippen LogP contribution in [0.5, 0.6) is 0 Å². The van der Waals surface area contributed by atoms with Crippen molar-refractivity contribution in [1.29, 1.82) is 0 Å². The Morgan fingerprint density at radius 1 is 0.897 bits per heavy atom. The SMILES string of the molecule is CSc1cccc(NC(=O)Nc2ccc3c(c2)N(C(=O)c2ccccc2)CC3)c1. The normalized spacial score (nSPS) is 12.4. The molecular weight excluding hydrogens is 382 g/mol. The maximum Gasteiger partial charge on any atom is 0.323 e. The third-order valence-electron chi connectivity index (χ3n) is 4.83.